The zero-order chi connectivity index (χ0) is 99.1. The number of Topliss-reactive ketones (excluding diaryl/α,β-unsaturated/α-hetero) is 5. The molecule has 6 aromatic carbocycles. The van der Waals surface area contributed by atoms with Crippen LogP contribution in [0.1, 0.15) is 161 Å². The van der Waals surface area contributed by atoms with Crippen LogP contribution in [0.3, 0.4) is 0 Å². The maximum atomic E-state index is 12.8. The molecule has 8 fully saturated rings. The van der Waals surface area contributed by atoms with Crippen molar-refractivity contribution >= 4 is 93.9 Å². The number of likely N-dealkylation sites (tertiary alicyclic amines) is 4. The Kier molecular flexibility index (Phi) is 32.5. The molecule has 8 aliphatic rings. The fourth-order valence-electron chi connectivity index (χ4n) is 19.8. The quantitative estimate of drug-likeness (QED) is 0.0720. The number of halogens is 3. The predicted molar refractivity (Wildman–Crippen MR) is 530 cm³/mol. The fourth-order valence-corrected chi connectivity index (χ4v) is 20.5. The number of ether oxygens (including phenoxy) is 3. The van der Waals surface area contributed by atoms with E-state index in [0.29, 0.717) is 118 Å². The van der Waals surface area contributed by atoms with E-state index >= 15 is 0 Å². The molecule has 6 saturated heterocycles. The van der Waals surface area contributed by atoms with E-state index in [1.165, 1.54) is 98.5 Å². The Morgan fingerprint density at radius 3 is 1.27 bits per heavy atom. The summed E-state index contributed by atoms with van der Waals surface area (Å²) in [5, 5.41) is 30.0. The topological polar surface area (TPSA) is 339 Å². The van der Waals surface area contributed by atoms with E-state index in [1.807, 2.05) is 75.4 Å². The number of piperidine rings is 1. The van der Waals surface area contributed by atoms with Crippen molar-refractivity contribution < 1.29 is 62.2 Å². The number of rotatable bonds is 18. The van der Waals surface area contributed by atoms with Gasteiger partial charge in [0.05, 0.1) is 12.2 Å². The highest BCUT2D eigenvalue weighted by Gasteiger charge is 2.47. The number of aryl methyl sites for hydroxylation is 1. The average Bonchev–Trinajstić information content (AvgIpc) is 1.65. The number of hydrogen-bond acceptors (Lipinski definition) is 23. The van der Waals surface area contributed by atoms with E-state index in [4.69, 9.17) is 49.0 Å². The second-order valence-corrected chi connectivity index (χ2v) is 38.9. The maximum Gasteiger partial charge on any atom is 0.344 e. The van der Waals surface area contributed by atoms with Crippen molar-refractivity contribution in [2.45, 2.75) is 131 Å². The van der Waals surface area contributed by atoms with E-state index in [1.54, 1.807) is 101 Å². The summed E-state index contributed by atoms with van der Waals surface area (Å²) in [4.78, 5) is 136. The third-order valence-corrected chi connectivity index (χ3v) is 27.8. The van der Waals surface area contributed by atoms with Gasteiger partial charge in [-0.15, -0.1) is 5.10 Å². The molecular weight excluding hydrogens is 1860 g/mol. The summed E-state index contributed by atoms with van der Waals surface area (Å²) in [6, 6.07) is 59.0. The number of ketones is 5. The SMILES string of the molecule is CC(=O)c1ccn(C(=O)N2CCC3(CCN(Cc4cccc(Cl)c4)C3)CC2)n1.CC(=O)c1ccn(C(=O)N2CCN(Cc3ccc(-c4ccccc4)cc3)C[C@@H]2C)n1.CC(=O)c1ccn(C(=O)N2CCN(Cc3cccc(Oc4cccnn4)c3)CC2)n1.CC(=O)c1ccn(C(=O)N2C[C@H]3CC(Oc4cc(Cl)cc(Cl)c4)C[C@H]3C2)n1.CC(=O)c1ccn(C(=O)N2C[C@H]3CC(Oc4cccc(C)c4)C[C@H]3C2)n1. The van der Waals surface area contributed by atoms with Crippen LogP contribution >= 0.6 is 34.8 Å². The Labute approximate surface area is 833 Å². The van der Waals surface area contributed by atoms with Gasteiger partial charge in [0.2, 0.25) is 5.88 Å². The number of benzene rings is 6. The van der Waals surface area contributed by atoms with Crippen molar-refractivity contribution in [3.63, 3.8) is 0 Å². The van der Waals surface area contributed by atoms with Gasteiger partial charge in [0.25, 0.3) is 0 Å². The van der Waals surface area contributed by atoms with Crippen LogP contribution in [0.2, 0.25) is 15.1 Å². The molecule has 6 aromatic heterocycles. The summed E-state index contributed by atoms with van der Waals surface area (Å²) in [5.41, 5.74) is 9.12. The molecule has 7 atom stereocenters. The molecule has 0 bridgehead atoms. The number of piperazine rings is 2. The number of hydrogen-bond donors (Lipinski definition) is 0. The molecule has 36 heteroatoms. The van der Waals surface area contributed by atoms with E-state index in [0.717, 1.165) is 140 Å². The summed E-state index contributed by atoms with van der Waals surface area (Å²) >= 11 is 18.2. The molecule has 20 rings (SSSR count). The second-order valence-electron chi connectivity index (χ2n) is 37.6. The maximum absolute atomic E-state index is 12.8. The predicted octanol–water partition coefficient (Wildman–Crippen LogP) is 17.4. The van der Waals surface area contributed by atoms with Gasteiger partial charge in [-0.2, -0.15) is 54.0 Å². The molecule has 6 aliphatic heterocycles. The highest BCUT2D eigenvalue weighted by atomic mass is 35.5. The third-order valence-electron chi connectivity index (χ3n) is 27.2. The van der Waals surface area contributed by atoms with Crippen LogP contribution in [0.25, 0.3) is 11.1 Å². The Morgan fingerprint density at radius 1 is 0.362 bits per heavy atom. The summed E-state index contributed by atoms with van der Waals surface area (Å²) in [6.45, 7) is 25.3. The van der Waals surface area contributed by atoms with Crippen LogP contribution in [-0.2, 0) is 19.6 Å². The lowest BCUT2D eigenvalue weighted by atomic mass is 9.78. The molecule has 1 spiro atoms. The molecule has 0 N–H and O–H groups in total. The summed E-state index contributed by atoms with van der Waals surface area (Å²) < 4.78 is 24.3. The van der Waals surface area contributed by atoms with Gasteiger partial charge in [-0.3, -0.25) is 38.7 Å². The van der Waals surface area contributed by atoms with Crippen molar-refractivity contribution in [3.05, 3.63) is 291 Å². The smallest absolute Gasteiger partial charge is 0.344 e. The molecule has 33 nitrogen and oxygen atoms in total. The highest BCUT2D eigenvalue weighted by Crippen LogP contribution is 2.44. The van der Waals surface area contributed by atoms with E-state index in [9.17, 15) is 47.9 Å². The lowest BCUT2D eigenvalue weighted by Crippen LogP contribution is -2.54. The van der Waals surface area contributed by atoms with Crippen molar-refractivity contribution in [1.82, 2.24) is 98.3 Å². The first-order valence-corrected chi connectivity index (χ1v) is 48.8. The number of nitrogens with zero attached hydrogens (tertiary/aromatic N) is 20. The summed E-state index contributed by atoms with van der Waals surface area (Å²) in [7, 11) is 0. The number of carbonyl (C=O) groups is 10. The number of amides is 5. The van der Waals surface area contributed by atoms with Gasteiger partial charge in [-0.1, -0.05) is 126 Å². The van der Waals surface area contributed by atoms with Gasteiger partial charge < -0.3 is 38.7 Å². The van der Waals surface area contributed by atoms with Crippen LogP contribution in [0.4, 0.5) is 24.0 Å². The van der Waals surface area contributed by atoms with Crippen LogP contribution < -0.4 is 14.2 Å². The van der Waals surface area contributed by atoms with Gasteiger partial charge in [0.1, 0.15) is 45.7 Å². The van der Waals surface area contributed by atoms with Crippen molar-refractivity contribution in [2.24, 2.45) is 29.1 Å². The molecular formula is C105H115Cl3N20O13. The molecule has 141 heavy (non-hydrogen) atoms. The molecule has 0 radical (unpaired) electrons. The molecule has 2 aliphatic carbocycles. The Hall–Kier alpha value is -13.7. The van der Waals surface area contributed by atoms with E-state index in [2.05, 4.69) is 131 Å². The average molecular weight is 1970 g/mol. The molecule has 734 valence electrons. The van der Waals surface area contributed by atoms with Gasteiger partial charge >= 0.3 is 30.2 Å². The first-order chi connectivity index (χ1) is 67.9. The Balaban J connectivity index is 0.000000127. The van der Waals surface area contributed by atoms with Gasteiger partial charge in [-0.25, -0.2) is 24.0 Å². The molecule has 12 aromatic rings. The zero-order valence-electron chi connectivity index (χ0n) is 80.0. The number of carbonyl (C=O) groups excluding carboxylic acids is 10. The Morgan fingerprint density at radius 2 is 0.794 bits per heavy atom. The van der Waals surface area contributed by atoms with Gasteiger partial charge in [-0.05, 0) is 219 Å². The van der Waals surface area contributed by atoms with E-state index < -0.39 is 0 Å². The standard InChI is InChI=1S/C24H26N4O2.C21H25ClN4O2.C21H22N6O3.C20H23N3O3.C19H19Cl2N3O3/c1-18-16-26(14-15-27(18)24(30)28-13-12-23(25-28)19(2)29)17-20-8-10-22(11-9-20)21-6-4-3-5-7-21;1-16(27)19-5-9-26(23-19)20(28)25-11-7-21(8-12-25)6-10-24(15-21)14-17-3-2-4-18(22)13-17;1-16(28)19-7-9-27(24-19)21(29)26-12-10-25(11-13-26)15-17-4-2-5-18(14-17)30-20-6-3-8-22-23-20;1-13-4-3-5-17(8-13)26-18-9-15-11-22(12-16(15)10-18)20(25)23-7-6-19(21-23)14(2)24;1-11(25)18-2-3-24(22-18)19(26)23-9-12-4-16(5-13(12)10-23)27-17-7-14(20)6-15(21)8-17/h3-13,18H,14-17H2,1-2H3;2-5,9,13H,6-8,10-12,14-15H2,1H3;2-9,14H,10-13,15H2,1H3;3-8,15-16,18H,9-12H2,1-2H3;2-3,6-8,12-13,16H,4-5,9-10H2,1H3/t18-;;;15-,16+,18?;12-,13+,16?/m0..../s1. The van der Waals surface area contributed by atoms with Crippen LogP contribution in [0.15, 0.2) is 225 Å². The molecule has 2 saturated carbocycles. The van der Waals surface area contributed by atoms with Gasteiger partial charge in [0, 0.05) is 210 Å². The first-order valence-electron chi connectivity index (χ1n) is 47.7. The largest absolute Gasteiger partial charge is 0.490 e. The minimum Gasteiger partial charge on any atom is -0.490 e. The van der Waals surface area contributed by atoms with E-state index in [-0.39, 0.29) is 77.3 Å². The van der Waals surface area contributed by atoms with Crippen LogP contribution in [0, 0.1) is 36.0 Å². The number of aromatic nitrogens is 12. The lowest BCUT2D eigenvalue weighted by molar-refractivity contribution is 0.0961. The zero-order valence-corrected chi connectivity index (χ0v) is 82.2. The molecule has 12 heterocycles. The first kappa shape index (κ1) is 100. The minimum absolute atomic E-state index is 0.0693. The lowest BCUT2D eigenvalue weighted by Gasteiger charge is -2.39. The Bertz CT molecular complexity index is 6420. The van der Waals surface area contributed by atoms with Crippen molar-refractivity contribution in [3.8, 4) is 34.3 Å². The number of fused-ring (bicyclic) bond motifs is 2. The van der Waals surface area contributed by atoms with Crippen LogP contribution in [-0.4, -0.2) is 274 Å². The van der Waals surface area contributed by atoms with Gasteiger partial charge in [0.15, 0.2) is 28.9 Å². The third kappa shape index (κ3) is 26.1. The van der Waals surface area contributed by atoms with Crippen LogP contribution in [0.5, 0.6) is 23.1 Å². The monoisotopic (exact) mass is 1970 g/mol. The normalized spacial score (nSPS) is 19.7. The minimum atomic E-state index is -0.207. The second kappa shape index (κ2) is 45.7. The summed E-state index contributed by atoms with van der Waals surface area (Å²) in [6.07, 6.45) is 16.6. The van der Waals surface area contributed by atoms with Crippen molar-refractivity contribution in [1.29, 1.82) is 0 Å². The molecule has 2 unspecified atom stereocenters. The van der Waals surface area contributed by atoms with Crippen molar-refractivity contribution in [2.75, 3.05) is 98.2 Å². The fraction of sp³-hybridized carbons (Fsp3) is 0.381. The molecule has 5 amide bonds. The summed E-state index contributed by atoms with van der Waals surface area (Å²) in [5.74, 6) is 3.79. The highest BCUT2D eigenvalue weighted by molar-refractivity contribution is 6.34.